The summed E-state index contributed by atoms with van der Waals surface area (Å²) in [6, 6.07) is 14.8. The molecule has 2 aliphatic heterocycles. The van der Waals surface area contributed by atoms with Crippen molar-refractivity contribution in [2.45, 2.75) is 64.2 Å². The molecule has 1 saturated heterocycles. The number of benzene rings is 2. The summed E-state index contributed by atoms with van der Waals surface area (Å²) in [6.07, 6.45) is 6.10. The Morgan fingerprint density at radius 3 is 2.66 bits per heavy atom. The predicted molar refractivity (Wildman–Crippen MR) is 148 cm³/mol. The van der Waals surface area contributed by atoms with Crippen LogP contribution < -0.4 is 15.4 Å². The van der Waals surface area contributed by atoms with Crippen LogP contribution in [-0.2, 0) is 21.4 Å². The Balaban J connectivity index is 1.29. The van der Waals surface area contributed by atoms with E-state index in [1.165, 1.54) is 17.7 Å². The molecule has 1 spiro atoms. The molecule has 1 fully saturated rings. The molecule has 0 saturated carbocycles. The summed E-state index contributed by atoms with van der Waals surface area (Å²) >= 11 is 0. The van der Waals surface area contributed by atoms with Gasteiger partial charge in [-0.15, -0.1) is 0 Å². The molecule has 2 aromatic rings. The van der Waals surface area contributed by atoms with Gasteiger partial charge in [0.25, 0.3) is 0 Å². The summed E-state index contributed by atoms with van der Waals surface area (Å²) in [6.45, 7) is 7.38. The van der Waals surface area contributed by atoms with Crippen molar-refractivity contribution in [3.63, 3.8) is 0 Å². The Bertz CT molecular complexity index is 1100. The average Bonchev–Trinajstić information content (AvgIpc) is 2.92. The molecule has 0 unspecified atom stereocenters. The molecule has 2 aliphatic rings. The van der Waals surface area contributed by atoms with E-state index >= 15 is 0 Å². The number of rotatable bonds is 5. The second-order valence-corrected chi connectivity index (χ2v) is 11.5. The second-order valence-electron chi connectivity index (χ2n) is 11.5. The maximum Gasteiger partial charge on any atom is 0.234 e. The first-order valence-electron chi connectivity index (χ1n) is 14.0. The molecular formula is C31H42FN3O3. The van der Waals surface area contributed by atoms with E-state index in [4.69, 9.17) is 4.74 Å². The highest BCUT2D eigenvalue weighted by molar-refractivity contribution is 5.83. The van der Waals surface area contributed by atoms with E-state index in [2.05, 4.69) is 27.7 Å². The fourth-order valence-corrected chi connectivity index (χ4v) is 5.59. The van der Waals surface area contributed by atoms with Gasteiger partial charge in [-0.25, -0.2) is 4.39 Å². The quantitative estimate of drug-likeness (QED) is 0.600. The summed E-state index contributed by atoms with van der Waals surface area (Å²) in [5, 5.41) is 6.21. The van der Waals surface area contributed by atoms with Crippen molar-refractivity contribution in [2.75, 3.05) is 39.3 Å². The van der Waals surface area contributed by atoms with Gasteiger partial charge in [0, 0.05) is 18.5 Å². The lowest BCUT2D eigenvalue weighted by molar-refractivity contribution is -0.135. The highest BCUT2D eigenvalue weighted by Crippen LogP contribution is 2.37. The molecule has 2 aromatic carbocycles. The number of ether oxygens (including phenoxy) is 1. The van der Waals surface area contributed by atoms with E-state index in [1.807, 2.05) is 32.0 Å². The van der Waals surface area contributed by atoms with Crippen LogP contribution in [0.15, 0.2) is 48.5 Å². The van der Waals surface area contributed by atoms with Crippen molar-refractivity contribution in [1.82, 2.24) is 15.5 Å². The molecule has 4 rings (SSSR count). The first kappa shape index (κ1) is 28.1. The van der Waals surface area contributed by atoms with Gasteiger partial charge in [-0.2, -0.15) is 0 Å². The van der Waals surface area contributed by atoms with Crippen LogP contribution in [-0.4, -0.2) is 56.0 Å². The molecule has 0 aliphatic carbocycles. The van der Waals surface area contributed by atoms with Gasteiger partial charge in [0.2, 0.25) is 11.8 Å². The number of nitrogens with zero attached hydrogens (tertiary/aromatic N) is 1. The Labute approximate surface area is 226 Å². The molecule has 7 heteroatoms. The lowest BCUT2D eigenvalue weighted by atomic mass is 9.73. The lowest BCUT2D eigenvalue weighted by Gasteiger charge is -2.40. The third-order valence-corrected chi connectivity index (χ3v) is 8.18. The van der Waals surface area contributed by atoms with Crippen LogP contribution in [0, 0.1) is 11.2 Å². The number of fused-ring (bicyclic) bond motifs is 1. The number of hydrogen-bond donors (Lipinski definition) is 2. The molecule has 206 valence electrons. The van der Waals surface area contributed by atoms with Crippen LogP contribution in [0.5, 0.6) is 5.75 Å². The minimum Gasteiger partial charge on any atom is -0.493 e. The van der Waals surface area contributed by atoms with E-state index in [0.717, 1.165) is 69.3 Å². The number of carbonyl (C=O) groups excluding carboxylic acids is 2. The number of para-hydroxylation sites is 1. The van der Waals surface area contributed by atoms with Crippen LogP contribution in [0.1, 0.15) is 63.5 Å². The predicted octanol–water partition coefficient (Wildman–Crippen LogP) is 4.61. The van der Waals surface area contributed by atoms with Gasteiger partial charge in [-0.3, -0.25) is 14.5 Å². The minimum absolute atomic E-state index is 0.0384. The fraction of sp³-hybridized carbons (Fsp3) is 0.548. The zero-order valence-corrected chi connectivity index (χ0v) is 22.9. The van der Waals surface area contributed by atoms with E-state index in [9.17, 15) is 14.0 Å². The number of piperidine rings is 1. The van der Waals surface area contributed by atoms with Crippen molar-refractivity contribution in [3.8, 4) is 5.75 Å². The summed E-state index contributed by atoms with van der Waals surface area (Å²) in [7, 11) is 0. The number of hydrogen-bond acceptors (Lipinski definition) is 4. The molecule has 38 heavy (non-hydrogen) atoms. The van der Waals surface area contributed by atoms with Crippen LogP contribution in [0.2, 0.25) is 0 Å². The van der Waals surface area contributed by atoms with Gasteiger partial charge in [-0.05, 0) is 80.9 Å². The van der Waals surface area contributed by atoms with Crippen molar-refractivity contribution >= 4 is 11.8 Å². The molecule has 6 nitrogen and oxygen atoms in total. The Morgan fingerprint density at radius 1 is 1.08 bits per heavy atom. The molecule has 2 heterocycles. The largest absolute Gasteiger partial charge is 0.493 e. The molecule has 0 aromatic heterocycles. The highest BCUT2D eigenvalue weighted by Gasteiger charge is 2.41. The fourth-order valence-electron chi connectivity index (χ4n) is 5.59. The van der Waals surface area contributed by atoms with Gasteiger partial charge >= 0.3 is 0 Å². The normalized spacial score (nSPS) is 19.2. The Kier molecular flexibility index (Phi) is 9.42. The maximum atomic E-state index is 13.7. The van der Waals surface area contributed by atoms with Crippen LogP contribution >= 0.6 is 0 Å². The number of nitrogens with one attached hydrogen (secondary N) is 2. The Morgan fingerprint density at radius 2 is 1.87 bits per heavy atom. The van der Waals surface area contributed by atoms with Gasteiger partial charge in [0.1, 0.15) is 11.6 Å². The molecule has 0 radical (unpaired) electrons. The number of amides is 2. The van der Waals surface area contributed by atoms with E-state index in [-0.39, 0.29) is 28.5 Å². The maximum absolute atomic E-state index is 13.7. The second kappa shape index (κ2) is 12.7. The molecular weight excluding hydrogens is 481 g/mol. The van der Waals surface area contributed by atoms with Gasteiger partial charge < -0.3 is 15.4 Å². The number of likely N-dealkylation sites (tertiary alicyclic amines) is 1. The van der Waals surface area contributed by atoms with Crippen molar-refractivity contribution in [2.24, 2.45) is 5.41 Å². The van der Waals surface area contributed by atoms with Crippen molar-refractivity contribution in [3.05, 3.63) is 65.5 Å². The highest BCUT2D eigenvalue weighted by atomic mass is 19.1. The third-order valence-electron chi connectivity index (χ3n) is 8.18. The number of carbonyl (C=O) groups is 2. The summed E-state index contributed by atoms with van der Waals surface area (Å²) in [5.74, 6) is 0.797. The van der Waals surface area contributed by atoms with Gasteiger partial charge in [0.05, 0.1) is 18.6 Å². The van der Waals surface area contributed by atoms with Gasteiger partial charge in [-0.1, -0.05) is 50.6 Å². The summed E-state index contributed by atoms with van der Waals surface area (Å²) in [5.41, 5.74) is 1.35. The Hall–Kier alpha value is -2.93. The van der Waals surface area contributed by atoms with Gasteiger partial charge in [0.15, 0.2) is 0 Å². The van der Waals surface area contributed by atoms with E-state index < -0.39 is 0 Å². The van der Waals surface area contributed by atoms with Crippen LogP contribution in [0.3, 0.4) is 0 Å². The number of halogens is 1. The smallest absolute Gasteiger partial charge is 0.234 e. The summed E-state index contributed by atoms with van der Waals surface area (Å²) in [4.78, 5) is 28.2. The van der Waals surface area contributed by atoms with E-state index in [1.54, 1.807) is 6.07 Å². The van der Waals surface area contributed by atoms with Crippen LogP contribution in [0.25, 0.3) is 0 Å². The van der Waals surface area contributed by atoms with Crippen molar-refractivity contribution < 1.29 is 18.7 Å². The molecule has 2 N–H and O–H groups in total. The zero-order chi connectivity index (χ0) is 27.0. The third kappa shape index (κ3) is 7.34. The average molecular weight is 524 g/mol. The minimum atomic E-state index is -0.375. The van der Waals surface area contributed by atoms with Crippen LogP contribution in [0.4, 0.5) is 4.39 Å². The van der Waals surface area contributed by atoms with Crippen molar-refractivity contribution in [1.29, 1.82) is 0 Å². The summed E-state index contributed by atoms with van der Waals surface area (Å²) < 4.78 is 19.6. The van der Waals surface area contributed by atoms with E-state index in [0.29, 0.717) is 26.2 Å². The molecule has 0 atom stereocenters. The monoisotopic (exact) mass is 523 g/mol. The molecule has 2 amide bonds. The first-order chi connectivity index (χ1) is 18.3. The lowest BCUT2D eigenvalue weighted by Crippen LogP contribution is -2.51. The standard InChI is InChI=1S/C31H42FN3O3/c1-30(2,25-11-7-12-26(32)21-25)23-34-28(36)22-35-18-15-31(16-19-35)14-6-5-10-24-9-3-4-13-27(24)38-20-8-17-33-29(31)37/h3-4,7,9,11-13,21H,5-6,8,10,14-20,22-23H2,1-2H3,(H,33,37)(H,34,36). The molecule has 0 bridgehead atoms. The topological polar surface area (TPSA) is 70.7 Å². The first-order valence-corrected chi connectivity index (χ1v) is 14.0. The SMILES string of the molecule is CC(C)(CNC(=O)CN1CCC2(CCCCc3ccccc3OCCCNC2=O)CC1)c1cccc(F)c1. The zero-order valence-electron chi connectivity index (χ0n) is 22.9. The number of aryl methyl sites for hydroxylation is 1.